The first kappa shape index (κ1) is 26.1. The molecule has 1 aliphatic heterocycles. The third-order valence-corrected chi connectivity index (χ3v) is 6.52. The molecule has 11 nitrogen and oxygen atoms in total. The summed E-state index contributed by atoms with van der Waals surface area (Å²) in [6.07, 6.45) is 3.62. The Balaban J connectivity index is 1.18. The van der Waals surface area contributed by atoms with E-state index in [0.717, 1.165) is 49.2 Å². The van der Waals surface area contributed by atoms with Gasteiger partial charge in [-0.15, -0.1) is 10.2 Å². The van der Waals surface area contributed by atoms with Gasteiger partial charge in [-0.05, 0) is 60.0 Å². The number of aromatic nitrogens is 5. The number of nitrogens with zero attached hydrogens (tertiary/aromatic N) is 5. The maximum atomic E-state index is 11.9. The number of methoxy groups -OCH3 is 1. The SMILES string of the molecule is CNC(=O)c1cc(OC2CCCN(Cc3ccc(OCc4cccc(-c5nn[nH]n5)c4)c(OC)c3)C2)ccn1. The van der Waals surface area contributed by atoms with E-state index in [0.29, 0.717) is 35.4 Å². The van der Waals surface area contributed by atoms with E-state index in [4.69, 9.17) is 14.2 Å². The highest BCUT2D eigenvalue weighted by molar-refractivity contribution is 5.92. The van der Waals surface area contributed by atoms with Crippen molar-refractivity contribution >= 4 is 5.91 Å². The molecule has 1 aliphatic rings. The monoisotopic (exact) mass is 529 g/mol. The number of piperidine rings is 1. The van der Waals surface area contributed by atoms with Crippen LogP contribution in [0, 0.1) is 0 Å². The Morgan fingerprint density at radius 2 is 2.05 bits per heavy atom. The molecule has 2 aromatic heterocycles. The summed E-state index contributed by atoms with van der Waals surface area (Å²) in [4.78, 5) is 18.4. The lowest BCUT2D eigenvalue weighted by Gasteiger charge is -2.33. The molecule has 11 heteroatoms. The molecule has 39 heavy (non-hydrogen) atoms. The highest BCUT2D eigenvalue weighted by Crippen LogP contribution is 2.30. The van der Waals surface area contributed by atoms with Gasteiger partial charge in [0.1, 0.15) is 24.2 Å². The smallest absolute Gasteiger partial charge is 0.269 e. The average Bonchev–Trinajstić information content (AvgIpc) is 3.52. The van der Waals surface area contributed by atoms with Crippen molar-refractivity contribution < 1.29 is 19.0 Å². The second-order valence-corrected chi connectivity index (χ2v) is 9.28. The van der Waals surface area contributed by atoms with E-state index >= 15 is 0 Å². The third-order valence-electron chi connectivity index (χ3n) is 6.52. The summed E-state index contributed by atoms with van der Waals surface area (Å²) in [6.45, 7) is 2.91. The van der Waals surface area contributed by atoms with Crippen molar-refractivity contribution in [2.24, 2.45) is 0 Å². The molecule has 2 N–H and O–H groups in total. The highest BCUT2D eigenvalue weighted by Gasteiger charge is 2.22. The summed E-state index contributed by atoms with van der Waals surface area (Å²) in [5, 5.41) is 16.7. The summed E-state index contributed by atoms with van der Waals surface area (Å²) in [7, 11) is 3.23. The molecule has 0 aliphatic carbocycles. The van der Waals surface area contributed by atoms with Crippen molar-refractivity contribution in [3.63, 3.8) is 0 Å². The topological polar surface area (TPSA) is 127 Å². The molecular weight excluding hydrogens is 498 g/mol. The Morgan fingerprint density at radius 1 is 1.13 bits per heavy atom. The van der Waals surface area contributed by atoms with Crippen LogP contribution in [0.2, 0.25) is 0 Å². The number of rotatable bonds is 10. The van der Waals surface area contributed by atoms with Gasteiger partial charge in [-0.2, -0.15) is 5.21 Å². The van der Waals surface area contributed by atoms with Crippen LogP contribution in [0.25, 0.3) is 11.4 Å². The number of aromatic amines is 1. The fourth-order valence-corrected chi connectivity index (χ4v) is 4.62. The number of hydrogen-bond donors (Lipinski definition) is 2. The molecule has 1 atom stereocenters. The number of H-pyrrole nitrogens is 1. The van der Waals surface area contributed by atoms with E-state index in [-0.39, 0.29) is 12.0 Å². The minimum atomic E-state index is -0.232. The van der Waals surface area contributed by atoms with E-state index in [2.05, 4.69) is 41.9 Å². The first-order valence-electron chi connectivity index (χ1n) is 12.8. The minimum Gasteiger partial charge on any atom is -0.493 e. The zero-order valence-corrected chi connectivity index (χ0v) is 22.0. The van der Waals surface area contributed by atoms with Gasteiger partial charge in [0.15, 0.2) is 11.5 Å². The number of ether oxygens (including phenoxy) is 3. The van der Waals surface area contributed by atoms with Crippen LogP contribution in [-0.2, 0) is 13.2 Å². The molecule has 0 spiro atoms. The maximum Gasteiger partial charge on any atom is 0.269 e. The quantitative estimate of drug-likeness (QED) is 0.318. The number of benzene rings is 2. The number of tetrazole rings is 1. The van der Waals surface area contributed by atoms with E-state index in [1.54, 1.807) is 32.5 Å². The van der Waals surface area contributed by atoms with Crippen LogP contribution in [0.1, 0.15) is 34.5 Å². The predicted molar refractivity (Wildman–Crippen MR) is 143 cm³/mol. The van der Waals surface area contributed by atoms with Crippen LogP contribution in [0.5, 0.6) is 17.2 Å². The number of hydrogen-bond acceptors (Lipinski definition) is 9. The van der Waals surface area contributed by atoms with Gasteiger partial charge in [-0.1, -0.05) is 24.3 Å². The lowest BCUT2D eigenvalue weighted by molar-refractivity contribution is 0.0837. The Hall–Kier alpha value is -4.51. The number of nitrogens with one attached hydrogen (secondary N) is 2. The van der Waals surface area contributed by atoms with Crippen LogP contribution in [0.3, 0.4) is 0 Å². The van der Waals surface area contributed by atoms with E-state index in [1.807, 2.05) is 36.4 Å². The van der Waals surface area contributed by atoms with Crippen molar-refractivity contribution in [3.8, 4) is 28.6 Å². The molecule has 1 saturated heterocycles. The molecule has 0 saturated carbocycles. The fourth-order valence-electron chi connectivity index (χ4n) is 4.62. The van der Waals surface area contributed by atoms with E-state index in [1.165, 1.54) is 0 Å². The number of amides is 1. The van der Waals surface area contributed by atoms with Gasteiger partial charge in [0, 0.05) is 38.0 Å². The van der Waals surface area contributed by atoms with Gasteiger partial charge < -0.3 is 19.5 Å². The van der Waals surface area contributed by atoms with Crippen molar-refractivity contribution in [2.75, 3.05) is 27.2 Å². The van der Waals surface area contributed by atoms with Crippen molar-refractivity contribution in [3.05, 3.63) is 77.6 Å². The van der Waals surface area contributed by atoms with Crippen LogP contribution in [0.15, 0.2) is 60.8 Å². The Morgan fingerprint density at radius 3 is 2.87 bits per heavy atom. The zero-order valence-electron chi connectivity index (χ0n) is 22.0. The minimum absolute atomic E-state index is 0.0337. The molecule has 0 radical (unpaired) electrons. The van der Waals surface area contributed by atoms with Gasteiger partial charge in [0.25, 0.3) is 5.91 Å². The van der Waals surface area contributed by atoms with Gasteiger partial charge >= 0.3 is 0 Å². The maximum absolute atomic E-state index is 11.9. The first-order valence-corrected chi connectivity index (χ1v) is 12.8. The Kier molecular flexibility index (Phi) is 8.27. The summed E-state index contributed by atoms with van der Waals surface area (Å²) in [6, 6.07) is 17.3. The summed E-state index contributed by atoms with van der Waals surface area (Å²) < 4.78 is 17.9. The van der Waals surface area contributed by atoms with Gasteiger partial charge in [0.2, 0.25) is 5.82 Å². The lowest BCUT2D eigenvalue weighted by Crippen LogP contribution is -2.40. The van der Waals surface area contributed by atoms with Gasteiger partial charge in [-0.25, -0.2) is 0 Å². The summed E-state index contributed by atoms with van der Waals surface area (Å²) >= 11 is 0. The summed E-state index contributed by atoms with van der Waals surface area (Å²) in [5.41, 5.74) is 3.33. The van der Waals surface area contributed by atoms with Crippen LogP contribution >= 0.6 is 0 Å². The van der Waals surface area contributed by atoms with Crippen molar-refractivity contribution in [1.29, 1.82) is 0 Å². The number of pyridine rings is 1. The van der Waals surface area contributed by atoms with Crippen molar-refractivity contribution in [2.45, 2.75) is 32.1 Å². The molecule has 4 aromatic rings. The number of carbonyl (C=O) groups excluding carboxylic acids is 1. The van der Waals surface area contributed by atoms with Crippen molar-refractivity contribution in [1.82, 2.24) is 35.8 Å². The summed E-state index contributed by atoms with van der Waals surface area (Å²) in [5.74, 6) is 2.32. The van der Waals surface area contributed by atoms with Crippen LogP contribution in [0.4, 0.5) is 0 Å². The van der Waals surface area contributed by atoms with Crippen LogP contribution in [-0.4, -0.2) is 69.8 Å². The molecule has 3 heterocycles. The highest BCUT2D eigenvalue weighted by atomic mass is 16.5. The fraction of sp³-hybridized carbons (Fsp3) is 0.321. The average molecular weight is 530 g/mol. The molecule has 1 fully saturated rings. The molecule has 2 aromatic carbocycles. The first-order chi connectivity index (χ1) is 19.1. The second kappa shape index (κ2) is 12.4. The molecule has 1 unspecified atom stereocenters. The lowest BCUT2D eigenvalue weighted by atomic mass is 10.1. The van der Waals surface area contributed by atoms with E-state index < -0.39 is 0 Å². The van der Waals surface area contributed by atoms with Crippen LogP contribution < -0.4 is 19.5 Å². The number of carbonyl (C=O) groups is 1. The zero-order chi connectivity index (χ0) is 27.0. The Bertz CT molecular complexity index is 1400. The predicted octanol–water partition coefficient (Wildman–Crippen LogP) is 3.25. The molecule has 202 valence electrons. The second-order valence-electron chi connectivity index (χ2n) is 9.28. The van der Waals surface area contributed by atoms with E-state index in [9.17, 15) is 4.79 Å². The normalized spacial score (nSPS) is 15.5. The molecule has 1 amide bonds. The third kappa shape index (κ3) is 6.68. The largest absolute Gasteiger partial charge is 0.493 e. The standard InChI is InChI=1S/C28H31N7O4/c1-29-28(36)24-15-22(10-11-30-24)39-23-7-4-12-35(17-23)16-19-8-9-25(26(14-19)37-2)38-18-20-5-3-6-21(13-20)27-31-33-34-32-27/h3,5-6,8-11,13-15,23H,4,7,12,16-18H2,1-2H3,(H,29,36)(H,31,32,33,34). The molecular formula is C28H31N7O4. The van der Waals surface area contributed by atoms with Gasteiger partial charge in [0.05, 0.1) is 7.11 Å². The van der Waals surface area contributed by atoms with Gasteiger partial charge in [-0.3, -0.25) is 14.7 Å². The Labute approximate surface area is 226 Å². The number of likely N-dealkylation sites (tertiary alicyclic amines) is 1. The molecule has 0 bridgehead atoms. The molecule has 5 rings (SSSR count).